The number of pyridine rings is 1. The molecule has 3 atom stereocenters. The first-order chi connectivity index (χ1) is 16.0. The van der Waals surface area contributed by atoms with Crippen LogP contribution in [0.3, 0.4) is 0 Å². The van der Waals surface area contributed by atoms with Crippen molar-refractivity contribution in [3.05, 3.63) is 62.8 Å². The van der Waals surface area contributed by atoms with Crippen molar-refractivity contribution in [2.24, 2.45) is 0 Å². The fourth-order valence-corrected chi connectivity index (χ4v) is 4.66. The van der Waals surface area contributed by atoms with Crippen LogP contribution in [0.4, 0.5) is 8.78 Å². The van der Waals surface area contributed by atoms with E-state index in [0.717, 1.165) is 18.4 Å². The summed E-state index contributed by atoms with van der Waals surface area (Å²) >= 11 is 0. The van der Waals surface area contributed by atoms with Crippen LogP contribution < -0.4 is 15.8 Å². The third kappa shape index (κ3) is 4.51. The van der Waals surface area contributed by atoms with E-state index >= 15 is 0 Å². The van der Waals surface area contributed by atoms with Gasteiger partial charge in [0.25, 0.3) is 11.8 Å². The second kappa shape index (κ2) is 8.98. The molecule has 0 radical (unpaired) electrons. The van der Waals surface area contributed by atoms with Gasteiger partial charge in [0.15, 0.2) is 11.4 Å². The highest BCUT2D eigenvalue weighted by Gasteiger charge is 2.43. The van der Waals surface area contributed by atoms with E-state index in [9.17, 15) is 28.3 Å². The summed E-state index contributed by atoms with van der Waals surface area (Å²) in [5.74, 6) is -2.85. The van der Waals surface area contributed by atoms with Gasteiger partial charge in [-0.25, -0.2) is 8.78 Å². The molecule has 2 aliphatic rings. The second-order valence-electron chi connectivity index (χ2n) is 9.04. The van der Waals surface area contributed by atoms with Crippen molar-refractivity contribution in [2.75, 3.05) is 18.1 Å². The molecule has 182 valence electrons. The van der Waals surface area contributed by atoms with Gasteiger partial charge in [-0.2, -0.15) is 0 Å². The Hall–Kier alpha value is -3.00. The average Bonchev–Trinajstić information content (AvgIpc) is 2.77. The van der Waals surface area contributed by atoms with E-state index in [1.807, 2.05) is 0 Å². The zero-order valence-electron chi connectivity index (χ0n) is 19.0. The van der Waals surface area contributed by atoms with Gasteiger partial charge in [-0.15, -0.1) is 0 Å². The molecule has 2 N–H and O–H groups in total. The second-order valence-corrected chi connectivity index (χ2v) is 10.2. The fourth-order valence-electron chi connectivity index (χ4n) is 4.47. The van der Waals surface area contributed by atoms with E-state index in [1.165, 1.54) is 28.8 Å². The first kappa shape index (κ1) is 24.1. The molecule has 0 spiro atoms. The molecule has 1 aromatic heterocycles. The van der Waals surface area contributed by atoms with E-state index < -0.39 is 40.4 Å². The van der Waals surface area contributed by atoms with Crippen molar-refractivity contribution < 1.29 is 23.5 Å². The Morgan fingerprint density at radius 3 is 2.74 bits per heavy atom. The molecule has 11 heteroatoms. The lowest BCUT2D eigenvalue weighted by Gasteiger charge is -2.49. The first-order valence-corrected chi connectivity index (χ1v) is 11.6. The lowest BCUT2D eigenvalue weighted by Crippen LogP contribution is -2.64. The molecule has 2 amide bonds. The highest BCUT2D eigenvalue weighted by atomic mass is 31.0. The SMILES string of the molecule is Cc1ccc(CNC(=O)c2cn3c(c(O)c2=O)C(=O)N(CC(C)(F)P)[C@@H]2CCCCN23)c(F)c1. The number of amides is 2. The molecule has 4 rings (SSSR count). The number of halogens is 2. The summed E-state index contributed by atoms with van der Waals surface area (Å²) in [6.45, 7) is 3.15. The largest absolute Gasteiger partial charge is 0.502 e. The smallest absolute Gasteiger partial charge is 0.278 e. The average molecular weight is 492 g/mol. The molecule has 2 unspecified atom stereocenters. The monoisotopic (exact) mass is 492 g/mol. The minimum absolute atomic E-state index is 0.158. The van der Waals surface area contributed by atoms with Gasteiger partial charge < -0.3 is 15.3 Å². The van der Waals surface area contributed by atoms with Crippen molar-refractivity contribution in [2.45, 2.75) is 51.2 Å². The van der Waals surface area contributed by atoms with Crippen LogP contribution in [0.2, 0.25) is 0 Å². The Labute approximate surface area is 197 Å². The van der Waals surface area contributed by atoms with Gasteiger partial charge in [0.1, 0.15) is 23.0 Å². The van der Waals surface area contributed by atoms with E-state index in [-0.39, 0.29) is 29.9 Å². The molecule has 1 fully saturated rings. The number of aryl methyl sites for hydroxylation is 1. The van der Waals surface area contributed by atoms with Crippen molar-refractivity contribution in [1.29, 1.82) is 0 Å². The van der Waals surface area contributed by atoms with Gasteiger partial charge in [0, 0.05) is 24.8 Å². The van der Waals surface area contributed by atoms with Crippen molar-refractivity contribution in [3.8, 4) is 5.75 Å². The molecule has 1 saturated heterocycles. The summed E-state index contributed by atoms with van der Waals surface area (Å²) in [5.41, 5.74) is -0.727. The number of alkyl halides is 1. The van der Waals surface area contributed by atoms with Gasteiger partial charge in [0.05, 0.1) is 6.54 Å². The molecule has 0 saturated carbocycles. The quantitative estimate of drug-likeness (QED) is 0.626. The first-order valence-electron chi connectivity index (χ1n) is 11.1. The molecular weight excluding hydrogens is 465 g/mol. The van der Waals surface area contributed by atoms with Crippen molar-refractivity contribution in [3.63, 3.8) is 0 Å². The Balaban J connectivity index is 1.69. The maximum Gasteiger partial charge on any atom is 0.278 e. The van der Waals surface area contributed by atoms with Crippen molar-refractivity contribution in [1.82, 2.24) is 14.9 Å². The topological polar surface area (TPSA) is 94.9 Å². The minimum atomic E-state index is -1.76. The number of hydrogen-bond acceptors (Lipinski definition) is 5. The molecular formula is C23H27F2N4O4P. The van der Waals surface area contributed by atoms with Gasteiger partial charge in [-0.3, -0.25) is 24.1 Å². The third-order valence-electron chi connectivity index (χ3n) is 6.08. The Morgan fingerprint density at radius 2 is 2.06 bits per heavy atom. The zero-order valence-corrected chi connectivity index (χ0v) is 20.1. The minimum Gasteiger partial charge on any atom is -0.502 e. The number of benzene rings is 1. The summed E-state index contributed by atoms with van der Waals surface area (Å²) in [6.07, 6.45) is 2.92. The summed E-state index contributed by atoms with van der Waals surface area (Å²) in [5, 5.41) is 13.2. The number of aromatic hydroxyl groups is 1. The summed E-state index contributed by atoms with van der Waals surface area (Å²) in [6, 6.07) is 4.58. The maximum absolute atomic E-state index is 14.4. The van der Waals surface area contributed by atoms with Crippen LogP contribution in [0, 0.1) is 12.7 Å². The number of carbonyl (C=O) groups is 2. The Kier molecular flexibility index (Phi) is 6.38. The van der Waals surface area contributed by atoms with Crippen LogP contribution in [0.1, 0.15) is 58.2 Å². The number of fused-ring (bicyclic) bond motifs is 3. The number of hydrogen-bond donors (Lipinski definition) is 2. The van der Waals surface area contributed by atoms with E-state index in [4.69, 9.17) is 0 Å². The van der Waals surface area contributed by atoms with Gasteiger partial charge in [-0.05, 0) is 44.7 Å². The normalized spacial score (nSPS) is 19.3. The van der Waals surface area contributed by atoms with Crippen LogP contribution in [0.25, 0.3) is 0 Å². The van der Waals surface area contributed by atoms with E-state index in [1.54, 1.807) is 24.1 Å². The summed E-state index contributed by atoms with van der Waals surface area (Å²) in [7, 11) is 2.05. The zero-order chi connectivity index (χ0) is 24.8. The predicted octanol–water partition coefficient (Wildman–Crippen LogP) is 2.40. The lowest BCUT2D eigenvalue weighted by atomic mass is 10.0. The number of nitrogens with one attached hydrogen (secondary N) is 1. The fraction of sp³-hybridized carbons (Fsp3) is 0.435. The number of piperidine rings is 1. The standard InChI is InChI=1S/C23H27F2N4O4P/c1-13-6-7-14(16(24)9-13)10-26-21(32)15-11-29-18(20(31)19(15)30)22(33)27(12-23(2,25)34)17-5-3-4-8-28(17)29/h6-7,9,11,17,31H,3-5,8,10,12,34H2,1-2H3,(H,26,32)/t17-,23?/m0/s1. The predicted molar refractivity (Wildman–Crippen MR) is 126 cm³/mol. The molecule has 0 bridgehead atoms. The van der Waals surface area contributed by atoms with Crippen LogP contribution in [-0.2, 0) is 6.54 Å². The lowest BCUT2D eigenvalue weighted by molar-refractivity contribution is 0.0426. The maximum atomic E-state index is 14.4. The highest BCUT2D eigenvalue weighted by molar-refractivity contribution is 7.18. The molecule has 34 heavy (non-hydrogen) atoms. The van der Waals surface area contributed by atoms with Gasteiger partial charge >= 0.3 is 0 Å². The molecule has 2 aromatic rings. The Bertz CT molecular complexity index is 1210. The number of nitrogens with zero attached hydrogens (tertiary/aromatic N) is 3. The summed E-state index contributed by atoms with van der Waals surface area (Å²) < 4.78 is 29.9. The van der Waals surface area contributed by atoms with Gasteiger partial charge in [0.2, 0.25) is 5.43 Å². The molecule has 1 aromatic carbocycles. The molecule has 2 aliphatic heterocycles. The van der Waals surface area contributed by atoms with Crippen LogP contribution in [0.5, 0.6) is 5.75 Å². The van der Waals surface area contributed by atoms with Crippen molar-refractivity contribution >= 4 is 21.1 Å². The molecule has 3 heterocycles. The summed E-state index contributed by atoms with van der Waals surface area (Å²) in [4.78, 5) is 40.2. The molecule has 0 aliphatic carbocycles. The Morgan fingerprint density at radius 1 is 1.32 bits per heavy atom. The highest BCUT2D eigenvalue weighted by Crippen LogP contribution is 2.32. The molecule has 8 nitrogen and oxygen atoms in total. The number of aromatic nitrogens is 1. The van der Waals surface area contributed by atoms with Crippen LogP contribution in [-0.4, -0.2) is 51.2 Å². The van der Waals surface area contributed by atoms with E-state index in [2.05, 4.69) is 14.6 Å². The van der Waals surface area contributed by atoms with E-state index in [0.29, 0.717) is 13.0 Å². The number of rotatable bonds is 5. The third-order valence-corrected chi connectivity index (χ3v) is 6.26. The van der Waals surface area contributed by atoms with Crippen LogP contribution in [0.15, 0.2) is 29.2 Å². The van der Waals surface area contributed by atoms with Crippen LogP contribution >= 0.6 is 9.24 Å². The van der Waals surface area contributed by atoms with Gasteiger partial charge in [-0.1, -0.05) is 21.4 Å². The number of carbonyl (C=O) groups excluding carboxylic acids is 2.